The van der Waals surface area contributed by atoms with Gasteiger partial charge in [-0.05, 0) is 141 Å². The standard InChI is InChI=1S/C32H31NO/c1-18-19(2)21(4)31(22(5)20(18)3)24-11-13-29-28(16-24)27-12-10-25(17-30(27)34-29)32-26-9-7-6-8-23(26)14-15-33-32/h10-17H,6-9H2,1-5H3. The topological polar surface area (TPSA) is 26.0 Å². The van der Waals surface area contributed by atoms with Gasteiger partial charge in [-0.25, -0.2) is 0 Å². The lowest BCUT2D eigenvalue weighted by molar-refractivity contribution is 0.669. The average Bonchev–Trinajstić information content (AvgIpc) is 3.23. The van der Waals surface area contributed by atoms with Gasteiger partial charge in [0.2, 0.25) is 0 Å². The number of nitrogens with zero attached hydrogens (tertiary/aromatic N) is 1. The molecule has 2 aromatic heterocycles. The van der Waals surface area contributed by atoms with Crippen LogP contribution in [0.1, 0.15) is 51.8 Å². The fraction of sp³-hybridized carbons (Fsp3) is 0.281. The molecule has 0 unspecified atom stereocenters. The predicted octanol–water partition coefficient (Wildman–Crippen LogP) is 8.74. The van der Waals surface area contributed by atoms with E-state index in [1.165, 1.54) is 73.7 Å². The van der Waals surface area contributed by atoms with Crippen molar-refractivity contribution in [2.75, 3.05) is 0 Å². The van der Waals surface area contributed by atoms with E-state index in [1.54, 1.807) is 0 Å². The van der Waals surface area contributed by atoms with Gasteiger partial charge in [-0.3, -0.25) is 4.98 Å². The van der Waals surface area contributed by atoms with Crippen LogP contribution in [0.4, 0.5) is 0 Å². The molecule has 34 heavy (non-hydrogen) atoms. The second kappa shape index (κ2) is 7.84. The number of rotatable bonds is 2. The van der Waals surface area contributed by atoms with Gasteiger partial charge in [-0.1, -0.05) is 12.1 Å². The molecule has 3 aromatic carbocycles. The van der Waals surface area contributed by atoms with Gasteiger partial charge in [0, 0.05) is 22.5 Å². The minimum Gasteiger partial charge on any atom is -0.456 e. The molecule has 0 N–H and O–H groups in total. The molecule has 0 saturated carbocycles. The molecule has 0 fully saturated rings. The van der Waals surface area contributed by atoms with Crippen LogP contribution in [0.2, 0.25) is 0 Å². The molecule has 0 spiro atoms. The van der Waals surface area contributed by atoms with Crippen LogP contribution in [0, 0.1) is 34.6 Å². The summed E-state index contributed by atoms with van der Waals surface area (Å²) in [4.78, 5) is 4.78. The summed E-state index contributed by atoms with van der Waals surface area (Å²) >= 11 is 0. The summed E-state index contributed by atoms with van der Waals surface area (Å²) in [6.07, 6.45) is 6.77. The molecular formula is C32H31NO. The third kappa shape index (κ3) is 3.12. The van der Waals surface area contributed by atoms with E-state index in [0.29, 0.717) is 0 Å². The van der Waals surface area contributed by atoms with E-state index < -0.39 is 0 Å². The Morgan fingerprint density at radius 3 is 2.15 bits per heavy atom. The van der Waals surface area contributed by atoms with Gasteiger partial charge in [0.15, 0.2) is 0 Å². The molecule has 2 heteroatoms. The first-order valence-electron chi connectivity index (χ1n) is 12.4. The van der Waals surface area contributed by atoms with Crippen molar-refractivity contribution in [3.8, 4) is 22.4 Å². The largest absolute Gasteiger partial charge is 0.456 e. The van der Waals surface area contributed by atoms with E-state index in [1.807, 2.05) is 6.20 Å². The molecule has 0 aliphatic heterocycles. The van der Waals surface area contributed by atoms with E-state index in [-0.39, 0.29) is 0 Å². The van der Waals surface area contributed by atoms with Gasteiger partial charge in [0.25, 0.3) is 0 Å². The maximum atomic E-state index is 6.35. The van der Waals surface area contributed by atoms with E-state index in [0.717, 1.165) is 35.3 Å². The number of hydrogen-bond donors (Lipinski definition) is 0. The fourth-order valence-electron chi connectivity index (χ4n) is 5.92. The molecule has 6 rings (SSSR count). The Balaban J connectivity index is 1.51. The fourth-order valence-corrected chi connectivity index (χ4v) is 5.92. The van der Waals surface area contributed by atoms with Crippen molar-refractivity contribution in [2.45, 2.75) is 60.3 Å². The Hall–Kier alpha value is -3.39. The van der Waals surface area contributed by atoms with E-state index in [9.17, 15) is 0 Å². The average molecular weight is 446 g/mol. The molecule has 0 amide bonds. The first kappa shape index (κ1) is 21.2. The van der Waals surface area contributed by atoms with Crippen molar-refractivity contribution in [1.29, 1.82) is 0 Å². The second-order valence-corrected chi connectivity index (χ2v) is 10.0. The molecule has 1 aliphatic carbocycles. The highest BCUT2D eigenvalue weighted by atomic mass is 16.3. The molecule has 0 atom stereocenters. The monoisotopic (exact) mass is 445 g/mol. The summed E-state index contributed by atoms with van der Waals surface area (Å²) in [7, 11) is 0. The number of furan rings is 1. The molecule has 2 heterocycles. The summed E-state index contributed by atoms with van der Waals surface area (Å²) < 4.78 is 6.35. The van der Waals surface area contributed by atoms with Crippen LogP contribution in [0.15, 0.2) is 53.1 Å². The maximum absolute atomic E-state index is 6.35. The molecule has 5 aromatic rings. The number of benzene rings is 3. The van der Waals surface area contributed by atoms with Crippen LogP contribution >= 0.6 is 0 Å². The Morgan fingerprint density at radius 2 is 1.35 bits per heavy atom. The number of hydrogen-bond acceptors (Lipinski definition) is 2. The maximum Gasteiger partial charge on any atom is 0.136 e. The Morgan fingerprint density at radius 1 is 0.647 bits per heavy atom. The first-order chi connectivity index (χ1) is 16.4. The molecule has 0 bridgehead atoms. The lowest BCUT2D eigenvalue weighted by Gasteiger charge is -2.19. The van der Waals surface area contributed by atoms with Crippen LogP contribution < -0.4 is 0 Å². The summed E-state index contributed by atoms with van der Waals surface area (Å²) in [5.74, 6) is 0. The molecule has 1 aliphatic rings. The molecule has 170 valence electrons. The van der Waals surface area contributed by atoms with Crippen LogP contribution in [0.3, 0.4) is 0 Å². The zero-order valence-corrected chi connectivity index (χ0v) is 20.8. The van der Waals surface area contributed by atoms with Crippen molar-refractivity contribution in [3.63, 3.8) is 0 Å². The zero-order valence-electron chi connectivity index (χ0n) is 20.8. The predicted molar refractivity (Wildman–Crippen MR) is 143 cm³/mol. The van der Waals surface area contributed by atoms with Crippen LogP contribution in [0.25, 0.3) is 44.3 Å². The van der Waals surface area contributed by atoms with Crippen molar-refractivity contribution in [2.24, 2.45) is 0 Å². The summed E-state index contributed by atoms with van der Waals surface area (Å²) in [6.45, 7) is 11.2. The third-order valence-corrected chi connectivity index (χ3v) is 8.31. The first-order valence-corrected chi connectivity index (χ1v) is 12.4. The Kier molecular flexibility index (Phi) is 4.88. The highest BCUT2D eigenvalue weighted by Gasteiger charge is 2.18. The van der Waals surface area contributed by atoms with Crippen molar-refractivity contribution in [3.05, 3.63) is 87.6 Å². The summed E-state index contributed by atoms with van der Waals surface area (Å²) in [5.41, 5.74) is 16.6. The number of aromatic nitrogens is 1. The normalized spacial score (nSPS) is 13.6. The van der Waals surface area contributed by atoms with Gasteiger partial charge in [0.05, 0.1) is 5.69 Å². The molecule has 2 nitrogen and oxygen atoms in total. The van der Waals surface area contributed by atoms with Crippen molar-refractivity contribution >= 4 is 21.9 Å². The molecule has 0 radical (unpaired) electrons. The number of fused-ring (bicyclic) bond motifs is 4. The Bertz CT molecular complexity index is 1570. The van der Waals surface area contributed by atoms with Gasteiger partial charge >= 0.3 is 0 Å². The number of pyridine rings is 1. The summed E-state index contributed by atoms with van der Waals surface area (Å²) in [6, 6.07) is 15.5. The quantitative estimate of drug-likeness (QED) is 0.271. The van der Waals surface area contributed by atoms with Crippen LogP contribution in [0.5, 0.6) is 0 Å². The highest BCUT2D eigenvalue weighted by molar-refractivity contribution is 6.07. The smallest absolute Gasteiger partial charge is 0.136 e. The molecular weight excluding hydrogens is 414 g/mol. The Labute approximate surface area is 201 Å². The zero-order chi connectivity index (χ0) is 23.6. The third-order valence-electron chi connectivity index (χ3n) is 8.31. The second-order valence-electron chi connectivity index (χ2n) is 10.0. The van der Waals surface area contributed by atoms with Crippen LogP contribution in [-0.2, 0) is 12.8 Å². The number of aryl methyl sites for hydroxylation is 1. The van der Waals surface area contributed by atoms with Crippen LogP contribution in [-0.4, -0.2) is 4.98 Å². The molecule has 0 saturated heterocycles. The van der Waals surface area contributed by atoms with Crippen molar-refractivity contribution < 1.29 is 4.42 Å². The van der Waals surface area contributed by atoms with E-state index in [2.05, 4.69) is 77.1 Å². The lowest BCUT2D eigenvalue weighted by atomic mass is 9.86. The van der Waals surface area contributed by atoms with E-state index in [4.69, 9.17) is 9.40 Å². The van der Waals surface area contributed by atoms with Gasteiger partial charge in [-0.15, -0.1) is 0 Å². The lowest BCUT2D eigenvalue weighted by Crippen LogP contribution is -2.05. The van der Waals surface area contributed by atoms with Gasteiger partial charge < -0.3 is 4.42 Å². The summed E-state index contributed by atoms with van der Waals surface area (Å²) in [5, 5.41) is 2.35. The SMILES string of the molecule is Cc1c(C)c(C)c(-c2ccc3oc4cc(-c5nccc6c5CCCC6)ccc4c3c2)c(C)c1C. The highest BCUT2D eigenvalue weighted by Crippen LogP contribution is 2.39. The van der Waals surface area contributed by atoms with Crippen molar-refractivity contribution in [1.82, 2.24) is 4.98 Å². The minimum atomic E-state index is 0.935. The van der Waals surface area contributed by atoms with E-state index >= 15 is 0 Å². The van der Waals surface area contributed by atoms with Gasteiger partial charge in [-0.2, -0.15) is 0 Å². The minimum absolute atomic E-state index is 0.935. The van der Waals surface area contributed by atoms with Gasteiger partial charge in [0.1, 0.15) is 11.2 Å².